The average Bonchev–Trinajstić information content (AvgIpc) is 3.30. The first-order valence-electron chi connectivity index (χ1n) is 8.33. The van der Waals surface area contributed by atoms with Gasteiger partial charge in [-0.3, -0.25) is 4.79 Å². The maximum atomic E-state index is 13.1. The molecular weight excluding hydrogens is 306 g/mol. The number of nitrogens with zero attached hydrogens (tertiary/aromatic N) is 2. The molecule has 23 heavy (non-hydrogen) atoms. The zero-order chi connectivity index (χ0) is 15.8. The number of hydrogen-bond donors (Lipinski definition) is 1. The van der Waals surface area contributed by atoms with E-state index < -0.39 is 0 Å². The van der Waals surface area contributed by atoms with Gasteiger partial charge in [0.25, 0.3) is 5.91 Å². The number of aryl methyl sites for hydroxylation is 1. The summed E-state index contributed by atoms with van der Waals surface area (Å²) in [5.41, 5.74) is 8.92. The Kier molecular flexibility index (Phi) is 3.91. The van der Waals surface area contributed by atoms with Gasteiger partial charge in [0.15, 0.2) is 0 Å². The summed E-state index contributed by atoms with van der Waals surface area (Å²) in [6.07, 6.45) is 5.53. The zero-order valence-electron chi connectivity index (χ0n) is 13.1. The lowest BCUT2D eigenvalue weighted by Crippen LogP contribution is -2.38. The topological polar surface area (TPSA) is 59.2 Å². The van der Waals surface area contributed by atoms with Gasteiger partial charge in [-0.25, -0.2) is 4.98 Å². The van der Waals surface area contributed by atoms with Crippen LogP contribution in [0.15, 0.2) is 29.6 Å². The summed E-state index contributed by atoms with van der Waals surface area (Å²) in [6, 6.07) is 9.14. The average molecular weight is 327 g/mol. The van der Waals surface area contributed by atoms with E-state index in [2.05, 4.69) is 34.1 Å². The molecule has 0 radical (unpaired) electrons. The highest BCUT2D eigenvalue weighted by Gasteiger charge is 2.40. The molecule has 1 fully saturated rings. The van der Waals surface area contributed by atoms with Gasteiger partial charge in [0.1, 0.15) is 10.7 Å². The SMILES string of the molecule is NCc1nc(C(=O)N(C2CC2)C2CCCc3ccccc32)cs1. The van der Waals surface area contributed by atoms with Gasteiger partial charge in [0.2, 0.25) is 0 Å². The normalized spacial score (nSPS) is 20.1. The first kappa shape index (κ1) is 14.8. The van der Waals surface area contributed by atoms with Crippen molar-refractivity contribution in [3.63, 3.8) is 0 Å². The molecule has 1 amide bonds. The number of thiazole rings is 1. The Balaban J connectivity index is 1.68. The second-order valence-electron chi connectivity index (χ2n) is 6.38. The van der Waals surface area contributed by atoms with Crippen LogP contribution in [0.25, 0.3) is 0 Å². The Labute approximate surface area is 140 Å². The predicted octanol–water partition coefficient (Wildman–Crippen LogP) is 3.28. The molecule has 0 aliphatic heterocycles. The monoisotopic (exact) mass is 327 g/mol. The van der Waals surface area contributed by atoms with Crippen LogP contribution in [0.4, 0.5) is 0 Å². The highest BCUT2D eigenvalue weighted by Crippen LogP contribution is 2.41. The molecule has 1 aromatic carbocycles. The van der Waals surface area contributed by atoms with Crippen LogP contribution in [-0.2, 0) is 13.0 Å². The Morgan fingerprint density at radius 3 is 2.87 bits per heavy atom. The van der Waals surface area contributed by atoms with Crippen molar-refractivity contribution in [1.29, 1.82) is 0 Å². The summed E-state index contributed by atoms with van der Waals surface area (Å²) >= 11 is 1.48. The van der Waals surface area contributed by atoms with E-state index in [1.54, 1.807) is 0 Å². The summed E-state index contributed by atoms with van der Waals surface area (Å²) in [4.78, 5) is 19.6. The summed E-state index contributed by atoms with van der Waals surface area (Å²) in [6.45, 7) is 0.396. The minimum atomic E-state index is 0.0742. The van der Waals surface area contributed by atoms with Gasteiger partial charge in [-0.2, -0.15) is 0 Å². The fourth-order valence-corrected chi connectivity index (χ4v) is 4.22. The van der Waals surface area contributed by atoms with Crippen LogP contribution in [0.5, 0.6) is 0 Å². The van der Waals surface area contributed by atoms with Gasteiger partial charge in [0, 0.05) is 18.0 Å². The number of nitrogens with two attached hydrogens (primary N) is 1. The highest BCUT2D eigenvalue weighted by molar-refractivity contribution is 7.09. The van der Waals surface area contributed by atoms with Crippen LogP contribution in [0.2, 0.25) is 0 Å². The summed E-state index contributed by atoms with van der Waals surface area (Å²) in [5, 5.41) is 2.68. The maximum Gasteiger partial charge on any atom is 0.274 e. The van der Waals surface area contributed by atoms with E-state index in [-0.39, 0.29) is 11.9 Å². The molecule has 1 saturated carbocycles. The first-order chi connectivity index (χ1) is 11.3. The molecule has 4 rings (SSSR count). The second-order valence-corrected chi connectivity index (χ2v) is 7.32. The van der Waals surface area contributed by atoms with E-state index in [1.165, 1.54) is 22.5 Å². The second kappa shape index (κ2) is 6.06. The lowest BCUT2D eigenvalue weighted by atomic mass is 9.86. The quantitative estimate of drug-likeness (QED) is 0.937. The molecule has 2 aliphatic carbocycles. The smallest absolute Gasteiger partial charge is 0.274 e. The Hall–Kier alpha value is -1.72. The maximum absolute atomic E-state index is 13.1. The van der Waals surface area contributed by atoms with E-state index >= 15 is 0 Å². The van der Waals surface area contributed by atoms with Gasteiger partial charge in [-0.15, -0.1) is 11.3 Å². The molecule has 1 heterocycles. The van der Waals surface area contributed by atoms with E-state index in [0.29, 0.717) is 18.3 Å². The third-order valence-corrected chi connectivity index (χ3v) is 5.66. The van der Waals surface area contributed by atoms with Crippen LogP contribution in [0.1, 0.15) is 58.3 Å². The van der Waals surface area contributed by atoms with Crippen molar-refractivity contribution < 1.29 is 4.79 Å². The van der Waals surface area contributed by atoms with Crippen molar-refractivity contribution >= 4 is 17.2 Å². The lowest BCUT2D eigenvalue weighted by Gasteiger charge is -2.36. The van der Waals surface area contributed by atoms with Crippen molar-refractivity contribution in [1.82, 2.24) is 9.88 Å². The number of rotatable bonds is 4. The molecule has 2 aliphatic rings. The fourth-order valence-electron chi connectivity index (χ4n) is 3.57. The van der Waals surface area contributed by atoms with Crippen LogP contribution >= 0.6 is 11.3 Å². The van der Waals surface area contributed by atoms with E-state index in [0.717, 1.165) is 37.1 Å². The van der Waals surface area contributed by atoms with Crippen molar-refractivity contribution in [2.45, 2.75) is 50.7 Å². The van der Waals surface area contributed by atoms with Crippen molar-refractivity contribution in [3.8, 4) is 0 Å². The van der Waals surface area contributed by atoms with E-state index in [4.69, 9.17) is 5.73 Å². The number of aromatic nitrogens is 1. The number of benzene rings is 1. The summed E-state index contributed by atoms with van der Waals surface area (Å²) in [7, 11) is 0. The summed E-state index contributed by atoms with van der Waals surface area (Å²) in [5.74, 6) is 0.0742. The molecule has 0 bridgehead atoms. The van der Waals surface area contributed by atoms with Crippen molar-refractivity contribution in [3.05, 3.63) is 51.5 Å². The zero-order valence-corrected chi connectivity index (χ0v) is 13.9. The van der Waals surface area contributed by atoms with Crippen LogP contribution in [0, 0.1) is 0 Å². The van der Waals surface area contributed by atoms with Crippen LogP contribution < -0.4 is 5.73 Å². The number of amides is 1. The van der Waals surface area contributed by atoms with Gasteiger partial charge in [-0.1, -0.05) is 24.3 Å². The highest BCUT2D eigenvalue weighted by atomic mass is 32.1. The molecule has 1 unspecified atom stereocenters. The molecule has 120 valence electrons. The number of fused-ring (bicyclic) bond motifs is 1. The molecule has 0 spiro atoms. The predicted molar refractivity (Wildman–Crippen MR) is 91.3 cm³/mol. The van der Waals surface area contributed by atoms with Crippen molar-refractivity contribution in [2.24, 2.45) is 5.73 Å². The third-order valence-electron chi connectivity index (χ3n) is 4.79. The number of carbonyl (C=O) groups excluding carboxylic acids is 1. The molecule has 1 aromatic heterocycles. The molecular formula is C18H21N3OS. The number of carbonyl (C=O) groups is 1. The lowest BCUT2D eigenvalue weighted by molar-refractivity contribution is 0.0632. The van der Waals surface area contributed by atoms with Crippen molar-refractivity contribution in [2.75, 3.05) is 0 Å². The Morgan fingerprint density at radius 2 is 2.13 bits per heavy atom. The van der Waals surface area contributed by atoms with Gasteiger partial charge in [0.05, 0.1) is 6.04 Å². The van der Waals surface area contributed by atoms with Gasteiger partial charge in [-0.05, 0) is 43.2 Å². The molecule has 0 saturated heterocycles. The molecule has 1 atom stereocenters. The largest absolute Gasteiger partial charge is 0.327 e. The molecule has 2 N–H and O–H groups in total. The Morgan fingerprint density at radius 1 is 1.30 bits per heavy atom. The first-order valence-corrected chi connectivity index (χ1v) is 9.21. The van der Waals surface area contributed by atoms with Gasteiger partial charge < -0.3 is 10.6 Å². The minimum Gasteiger partial charge on any atom is -0.327 e. The van der Waals surface area contributed by atoms with E-state index in [9.17, 15) is 4.79 Å². The van der Waals surface area contributed by atoms with Crippen LogP contribution in [0.3, 0.4) is 0 Å². The molecule has 4 nitrogen and oxygen atoms in total. The molecule has 2 aromatic rings. The standard InChI is InChI=1S/C18H21N3OS/c19-10-17-20-15(11-23-17)18(22)21(13-8-9-13)16-7-3-5-12-4-1-2-6-14(12)16/h1-2,4,6,11,13,16H,3,5,7-10,19H2. The summed E-state index contributed by atoms with van der Waals surface area (Å²) < 4.78 is 0. The molecule has 5 heteroatoms. The minimum absolute atomic E-state index is 0.0742. The van der Waals surface area contributed by atoms with Crippen LogP contribution in [-0.4, -0.2) is 21.8 Å². The third kappa shape index (κ3) is 2.79. The van der Waals surface area contributed by atoms with Gasteiger partial charge >= 0.3 is 0 Å². The fraction of sp³-hybridized carbons (Fsp3) is 0.444. The number of hydrogen-bond acceptors (Lipinski definition) is 4. The van der Waals surface area contributed by atoms with E-state index in [1.807, 2.05) is 5.38 Å². The Bertz CT molecular complexity index is 723.